The second kappa shape index (κ2) is 74.2. The first-order valence-corrected chi connectivity index (χ1v) is 21.3. The van der Waals surface area contributed by atoms with Crippen LogP contribution in [0.5, 0.6) is 0 Å². The summed E-state index contributed by atoms with van der Waals surface area (Å²) < 4.78 is 0. The number of hydrogen-bond donors (Lipinski definition) is 13. The van der Waals surface area contributed by atoms with Gasteiger partial charge in [0.1, 0.15) is 0 Å². The highest BCUT2D eigenvalue weighted by Crippen LogP contribution is 2.10. The van der Waals surface area contributed by atoms with Crippen LogP contribution in [0, 0.1) is 0 Å². The first-order chi connectivity index (χ1) is 20.5. The third-order valence-corrected chi connectivity index (χ3v) is 9.67. The lowest BCUT2D eigenvalue weighted by Crippen LogP contribution is -2.32. The van der Waals surface area contributed by atoms with Crippen LogP contribution >= 0.6 is 75.8 Å². The molecule has 0 saturated heterocycles. The molecule has 0 heterocycles. The quantitative estimate of drug-likeness (QED) is 0.0295. The number of nitrogens with two attached hydrogens (primary N) is 8. The molecular formula is C24H74N11P3S4. The summed E-state index contributed by atoms with van der Waals surface area (Å²) in [4.78, 5) is 0. The van der Waals surface area contributed by atoms with Crippen LogP contribution in [0.25, 0.3) is 0 Å². The van der Waals surface area contributed by atoms with E-state index >= 15 is 0 Å². The van der Waals surface area contributed by atoms with Gasteiger partial charge in [-0.25, -0.2) is 0 Å². The summed E-state index contributed by atoms with van der Waals surface area (Å²) in [7, 11) is 6.69. The molecule has 42 heavy (non-hydrogen) atoms. The van der Waals surface area contributed by atoms with Gasteiger partial charge in [0.15, 0.2) is 0 Å². The molecule has 0 saturated carbocycles. The summed E-state index contributed by atoms with van der Waals surface area (Å²) in [5.41, 5.74) is 41.1. The van der Waals surface area contributed by atoms with E-state index in [1.165, 1.54) is 33.2 Å². The fourth-order valence-electron chi connectivity index (χ4n) is 1.79. The molecule has 0 amide bonds. The van der Waals surface area contributed by atoms with E-state index in [0.29, 0.717) is 39.3 Å². The highest BCUT2D eigenvalue weighted by Gasteiger charge is 1.84. The van der Waals surface area contributed by atoms with Gasteiger partial charge in [-0.2, -0.15) is 48.8 Å². The second-order valence-corrected chi connectivity index (χ2v) is 13.6. The molecule has 0 spiro atoms. The van der Waals surface area contributed by atoms with Gasteiger partial charge in [0.05, 0.1) is 0 Å². The van der Waals surface area contributed by atoms with Gasteiger partial charge in [-0.3, -0.25) is 0 Å². The minimum Gasteiger partial charge on any atom is -0.330 e. The van der Waals surface area contributed by atoms with E-state index in [1.54, 1.807) is 11.8 Å². The summed E-state index contributed by atoms with van der Waals surface area (Å²) >= 11 is 11.8. The maximum Gasteiger partial charge on any atom is 0.00772 e. The van der Waals surface area contributed by atoms with Crippen molar-refractivity contribution in [2.24, 2.45) is 45.9 Å². The van der Waals surface area contributed by atoms with Gasteiger partial charge in [0.2, 0.25) is 0 Å². The monoisotopic (exact) mass is 737 g/mol. The average Bonchev–Trinajstić information content (AvgIpc) is 3.01. The fourth-order valence-corrected chi connectivity index (χ4v) is 5.45. The van der Waals surface area contributed by atoms with Gasteiger partial charge in [-0.05, 0) is 36.2 Å². The van der Waals surface area contributed by atoms with Gasteiger partial charge < -0.3 is 61.8 Å². The van der Waals surface area contributed by atoms with E-state index in [9.17, 15) is 0 Å². The predicted molar refractivity (Wildman–Crippen MR) is 221 cm³/mol. The van der Waals surface area contributed by atoms with Crippen LogP contribution in [-0.2, 0) is 0 Å². The van der Waals surface area contributed by atoms with Crippen molar-refractivity contribution in [2.45, 2.75) is 0 Å². The smallest absolute Gasteiger partial charge is 0.00772 e. The lowest BCUT2D eigenvalue weighted by atomic mass is 10.5. The summed E-state index contributed by atoms with van der Waals surface area (Å²) in [6, 6.07) is 0. The number of thioether (sulfide) groups is 2. The third-order valence-electron chi connectivity index (χ3n) is 3.57. The van der Waals surface area contributed by atoms with Crippen molar-refractivity contribution in [3.63, 3.8) is 0 Å². The van der Waals surface area contributed by atoms with Crippen molar-refractivity contribution in [3.8, 4) is 0 Å². The highest BCUT2D eigenvalue weighted by atomic mass is 32.2. The standard InChI is InChI=1S/C6H18N4.C4H13N3.C4H12N2S.C4H13P3.C4H10S3.C2H8N2/c7-1-3-9-5-6-10-4-2-8;4*5-1-3-7-4-2-6;3-1-2-4/h9-10H,1-8H2;7H,1-6H2;1-6H2;7H,1-6H2;5-6H,1-4H2;1-4H2. The van der Waals surface area contributed by atoms with E-state index in [-0.39, 0.29) is 0 Å². The minimum absolute atomic E-state index is 0.597. The number of thiol groups is 2. The Hall–Kier alpha value is 2.25. The Morgan fingerprint density at radius 1 is 0.452 bits per heavy atom. The van der Waals surface area contributed by atoms with Crippen molar-refractivity contribution in [3.05, 3.63) is 0 Å². The Balaban J connectivity index is -0.0000000941. The van der Waals surface area contributed by atoms with Gasteiger partial charge in [-0.15, -0.1) is 27.1 Å². The molecule has 2 unspecified atom stereocenters. The van der Waals surface area contributed by atoms with Gasteiger partial charge >= 0.3 is 0 Å². The number of rotatable bonds is 24. The van der Waals surface area contributed by atoms with Crippen LogP contribution in [-0.4, -0.2) is 151 Å². The van der Waals surface area contributed by atoms with E-state index in [2.05, 4.69) is 59.7 Å². The van der Waals surface area contributed by atoms with Crippen LogP contribution in [0.3, 0.4) is 0 Å². The maximum absolute atomic E-state index is 5.27. The second-order valence-electron chi connectivity index (χ2n) is 7.56. The molecule has 0 fully saturated rings. The average molecular weight is 738 g/mol. The van der Waals surface area contributed by atoms with E-state index in [4.69, 9.17) is 45.9 Å². The molecule has 0 aromatic carbocycles. The maximum atomic E-state index is 5.27. The Kier molecular flexibility index (Phi) is 100.0. The Bertz CT molecular complexity index is 294. The highest BCUT2D eigenvalue weighted by molar-refractivity contribution is 8.00. The molecule has 0 rings (SSSR count). The van der Waals surface area contributed by atoms with Crippen LogP contribution in [0.4, 0.5) is 0 Å². The molecular weight excluding hydrogens is 664 g/mol. The topological polar surface area (TPSA) is 244 Å². The first kappa shape index (κ1) is 56.6. The van der Waals surface area contributed by atoms with Gasteiger partial charge in [0, 0.05) is 115 Å². The number of hydrogen-bond acceptors (Lipinski definition) is 15. The largest absolute Gasteiger partial charge is 0.330 e. The molecule has 2 atom stereocenters. The predicted octanol–water partition coefficient (Wildman–Crippen LogP) is -1.89. The third kappa shape index (κ3) is 104. The van der Waals surface area contributed by atoms with E-state index < -0.39 is 0 Å². The Labute approximate surface area is 287 Å². The summed E-state index contributed by atoms with van der Waals surface area (Å²) in [5, 5.41) is 9.37. The molecule has 11 nitrogen and oxygen atoms in total. The normalized spacial score (nSPS) is 9.43. The zero-order valence-corrected chi connectivity index (χ0v) is 33.2. The molecule has 18 heteroatoms. The SMILES string of the molecule is NCCN.NCCNCCN.NCCNCCNCCN.NCCSCCN.PCCPCCP.SCCSCCS. The molecule has 0 aromatic heterocycles. The van der Waals surface area contributed by atoms with Crippen molar-refractivity contribution in [1.82, 2.24) is 16.0 Å². The summed E-state index contributed by atoms with van der Waals surface area (Å²) in [6.07, 6.45) is 5.37. The zero-order chi connectivity index (χ0) is 33.2. The van der Waals surface area contributed by atoms with Crippen LogP contribution in [0.15, 0.2) is 0 Å². The van der Waals surface area contributed by atoms with Gasteiger partial charge in [-0.1, -0.05) is 0 Å². The van der Waals surface area contributed by atoms with Crippen molar-refractivity contribution in [1.29, 1.82) is 0 Å². The molecule has 0 radical (unpaired) electrons. The zero-order valence-electron chi connectivity index (χ0n) is 26.5. The van der Waals surface area contributed by atoms with Gasteiger partial charge in [0.25, 0.3) is 0 Å². The van der Waals surface area contributed by atoms with E-state index in [1.807, 2.05) is 11.8 Å². The molecule has 0 aliphatic carbocycles. The Morgan fingerprint density at radius 3 is 1.00 bits per heavy atom. The molecule has 0 bridgehead atoms. The molecule has 0 aliphatic rings. The minimum atomic E-state index is 0.597. The summed E-state index contributed by atoms with van der Waals surface area (Å²) in [5.74, 6) is 6.36. The molecule has 0 aliphatic heterocycles. The molecule has 19 N–H and O–H groups in total. The lowest BCUT2D eigenvalue weighted by molar-refractivity contribution is 0.618. The van der Waals surface area contributed by atoms with Crippen LogP contribution in [0.2, 0.25) is 0 Å². The van der Waals surface area contributed by atoms with Crippen molar-refractivity contribution in [2.75, 3.05) is 151 Å². The van der Waals surface area contributed by atoms with E-state index in [0.717, 1.165) is 86.9 Å². The molecule has 264 valence electrons. The van der Waals surface area contributed by atoms with Crippen LogP contribution < -0.4 is 61.8 Å². The summed E-state index contributed by atoms with van der Waals surface area (Å²) in [6.45, 7) is 11.0. The fraction of sp³-hybridized carbons (Fsp3) is 1.00. The number of nitrogens with one attached hydrogen (secondary N) is 3. The molecule has 0 aromatic rings. The first-order valence-electron chi connectivity index (χ1n) is 14.7. The van der Waals surface area contributed by atoms with Crippen LogP contribution in [0.1, 0.15) is 0 Å². The lowest BCUT2D eigenvalue weighted by Gasteiger charge is -2.03. The van der Waals surface area contributed by atoms with Crippen molar-refractivity contribution >= 4 is 75.8 Å². The Morgan fingerprint density at radius 2 is 0.762 bits per heavy atom. The van der Waals surface area contributed by atoms with Crippen molar-refractivity contribution < 1.29 is 0 Å².